The summed E-state index contributed by atoms with van der Waals surface area (Å²) in [4.78, 5) is 2.28. The highest BCUT2D eigenvalue weighted by Crippen LogP contribution is 2.25. The van der Waals surface area contributed by atoms with Crippen LogP contribution in [0.25, 0.3) is 0 Å². The lowest BCUT2D eigenvalue weighted by atomic mass is 9.86. The molecule has 0 amide bonds. The summed E-state index contributed by atoms with van der Waals surface area (Å²) >= 11 is 8.71. The predicted octanol–water partition coefficient (Wildman–Crippen LogP) is 5.56. The SMILES string of the molecule is CCC(C)C(=N)/C(=N\S)C1CN(C)CCC1S.CCCCCCC. The number of hydrogen-bond donors (Lipinski definition) is 3. The van der Waals surface area contributed by atoms with Crippen LogP contribution in [0.1, 0.15) is 72.6 Å². The molecule has 1 aliphatic heterocycles. The highest BCUT2D eigenvalue weighted by molar-refractivity contribution is 7.81. The van der Waals surface area contributed by atoms with Gasteiger partial charge in [-0.25, -0.2) is 4.40 Å². The first-order valence-electron chi connectivity index (χ1n) is 9.60. The highest BCUT2D eigenvalue weighted by atomic mass is 32.1. The van der Waals surface area contributed by atoms with Crippen LogP contribution < -0.4 is 0 Å². The van der Waals surface area contributed by atoms with E-state index in [1.165, 1.54) is 32.1 Å². The van der Waals surface area contributed by atoms with Crippen molar-refractivity contribution in [3.8, 4) is 0 Å². The fourth-order valence-electron chi connectivity index (χ4n) is 2.83. The van der Waals surface area contributed by atoms with Crippen LogP contribution in [0.3, 0.4) is 0 Å². The lowest BCUT2D eigenvalue weighted by Gasteiger charge is -2.35. The average Bonchev–Trinajstić information content (AvgIpc) is 2.58. The Balaban J connectivity index is 0.000000640. The molecule has 3 atom stereocenters. The molecule has 0 radical (unpaired) electrons. The molecule has 3 unspecified atom stereocenters. The van der Waals surface area contributed by atoms with Gasteiger partial charge in [-0.3, -0.25) is 0 Å². The van der Waals surface area contributed by atoms with E-state index in [9.17, 15) is 0 Å². The molecule has 0 aliphatic carbocycles. The topological polar surface area (TPSA) is 39.5 Å². The van der Waals surface area contributed by atoms with Crippen molar-refractivity contribution in [3.63, 3.8) is 0 Å². The monoisotopic (exact) mass is 373 g/mol. The lowest BCUT2D eigenvalue weighted by Crippen LogP contribution is -2.45. The Labute approximate surface area is 161 Å². The number of nitrogens with zero attached hydrogens (tertiary/aromatic N) is 2. The maximum atomic E-state index is 8.21. The number of thiol groups is 2. The fraction of sp³-hybridized carbons (Fsp3) is 0.895. The van der Waals surface area contributed by atoms with Crippen LogP contribution in [0.2, 0.25) is 0 Å². The summed E-state index contributed by atoms with van der Waals surface area (Å²) in [6.07, 6.45) is 9.02. The third-order valence-corrected chi connectivity index (χ3v) is 5.66. The number of likely N-dealkylation sites (tertiary alicyclic amines) is 1. The van der Waals surface area contributed by atoms with Crippen LogP contribution in [0.4, 0.5) is 0 Å². The molecule has 24 heavy (non-hydrogen) atoms. The van der Waals surface area contributed by atoms with Crippen molar-refractivity contribution in [3.05, 3.63) is 0 Å². The molecule has 1 saturated heterocycles. The third kappa shape index (κ3) is 8.91. The molecule has 1 N–H and O–H groups in total. The minimum absolute atomic E-state index is 0.232. The molecule has 142 valence electrons. The first-order chi connectivity index (χ1) is 11.4. The molecule has 0 aromatic rings. The summed E-state index contributed by atoms with van der Waals surface area (Å²) in [5.74, 6) is 0.477. The lowest BCUT2D eigenvalue weighted by molar-refractivity contribution is 0.254. The van der Waals surface area contributed by atoms with E-state index < -0.39 is 0 Å². The van der Waals surface area contributed by atoms with Crippen molar-refractivity contribution in [2.24, 2.45) is 16.2 Å². The molecular weight excluding hydrogens is 334 g/mol. The van der Waals surface area contributed by atoms with Crippen molar-refractivity contribution in [1.82, 2.24) is 4.90 Å². The van der Waals surface area contributed by atoms with Gasteiger partial charge in [0.1, 0.15) is 0 Å². The van der Waals surface area contributed by atoms with Gasteiger partial charge in [-0.2, -0.15) is 12.6 Å². The summed E-state index contributed by atoms with van der Waals surface area (Å²) in [6, 6.07) is 0. The summed E-state index contributed by atoms with van der Waals surface area (Å²) in [5.41, 5.74) is 1.45. The van der Waals surface area contributed by atoms with Gasteiger partial charge in [0.05, 0.1) is 11.4 Å². The molecule has 1 fully saturated rings. The summed E-state index contributed by atoms with van der Waals surface area (Å²) < 4.78 is 4.08. The summed E-state index contributed by atoms with van der Waals surface area (Å²) in [6.45, 7) is 10.7. The largest absolute Gasteiger partial charge is 0.306 e. The van der Waals surface area contributed by atoms with E-state index in [2.05, 4.69) is 69.5 Å². The Morgan fingerprint density at radius 1 is 1.21 bits per heavy atom. The predicted molar refractivity (Wildman–Crippen MR) is 116 cm³/mol. The zero-order valence-electron chi connectivity index (χ0n) is 16.4. The Morgan fingerprint density at radius 3 is 2.25 bits per heavy atom. The Kier molecular flexibility index (Phi) is 14.2. The quantitative estimate of drug-likeness (QED) is 0.291. The molecule has 5 heteroatoms. The van der Waals surface area contributed by atoms with Crippen molar-refractivity contribution in [2.75, 3.05) is 20.1 Å². The summed E-state index contributed by atoms with van der Waals surface area (Å²) in [7, 11) is 2.11. The van der Waals surface area contributed by atoms with Crippen LogP contribution in [-0.4, -0.2) is 41.7 Å². The second kappa shape index (κ2) is 14.2. The Morgan fingerprint density at radius 2 is 1.79 bits per heavy atom. The van der Waals surface area contributed by atoms with Gasteiger partial charge in [0.15, 0.2) is 0 Å². The molecule has 1 heterocycles. The minimum Gasteiger partial charge on any atom is -0.306 e. The zero-order chi connectivity index (χ0) is 18.5. The summed E-state index contributed by atoms with van der Waals surface area (Å²) in [5, 5.41) is 8.50. The number of unbranched alkanes of at least 4 members (excludes halogenated alkanes) is 4. The van der Waals surface area contributed by atoms with E-state index in [1.54, 1.807) is 0 Å². The first kappa shape index (κ1) is 24.0. The number of hydrogen-bond acceptors (Lipinski definition) is 5. The van der Waals surface area contributed by atoms with Crippen molar-refractivity contribution in [2.45, 2.75) is 77.9 Å². The molecule has 1 aliphatic rings. The smallest absolute Gasteiger partial charge is 0.0748 e. The average molecular weight is 374 g/mol. The van der Waals surface area contributed by atoms with Crippen LogP contribution in [0.5, 0.6) is 0 Å². The standard InChI is InChI=1S/C12H23N3S2.C7H16/c1-4-8(2)11(13)12(14-17)9-7-15(3)6-5-10(9)16;1-3-5-7-6-4-2/h8-10,13,16-17H,4-7H2,1-3H3;3-7H2,1-2H3/b13-11?,14-12-;. The van der Waals surface area contributed by atoms with E-state index in [0.717, 1.165) is 31.6 Å². The van der Waals surface area contributed by atoms with Crippen LogP contribution in [-0.2, 0) is 0 Å². The maximum Gasteiger partial charge on any atom is 0.0748 e. The Hall–Kier alpha value is -0.0000000000000000555. The fourth-order valence-corrected chi connectivity index (χ4v) is 3.44. The maximum absolute atomic E-state index is 8.21. The molecular formula is C19H39N3S2. The Bertz CT molecular complexity index is 368. The van der Waals surface area contributed by atoms with Gasteiger partial charge in [-0.1, -0.05) is 59.8 Å². The van der Waals surface area contributed by atoms with Crippen molar-refractivity contribution < 1.29 is 0 Å². The van der Waals surface area contributed by atoms with Crippen LogP contribution in [0.15, 0.2) is 4.40 Å². The molecule has 3 nitrogen and oxygen atoms in total. The number of piperidine rings is 1. The first-order valence-corrected chi connectivity index (χ1v) is 10.5. The van der Waals surface area contributed by atoms with Gasteiger partial charge in [-0.15, -0.1) is 0 Å². The van der Waals surface area contributed by atoms with E-state index in [4.69, 9.17) is 5.41 Å². The number of nitrogens with one attached hydrogen (secondary N) is 1. The number of rotatable bonds is 8. The second-order valence-corrected chi connectivity index (χ2v) is 7.86. The zero-order valence-corrected chi connectivity index (χ0v) is 18.2. The highest BCUT2D eigenvalue weighted by Gasteiger charge is 2.32. The van der Waals surface area contributed by atoms with Gasteiger partial charge in [0, 0.05) is 17.7 Å². The van der Waals surface area contributed by atoms with Gasteiger partial charge in [0.25, 0.3) is 0 Å². The molecule has 0 bridgehead atoms. The minimum atomic E-state index is 0.232. The molecule has 0 saturated carbocycles. The molecule has 0 aromatic carbocycles. The second-order valence-electron chi connectivity index (χ2n) is 6.99. The van der Waals surface area contributed by atoms with Crippen LogP contribution >= 0.6 is 25.4 Å². The normalized spacial score (nSPS) is 23.4. The van der Waals surface area contributed by atoms with Crippen molar-refractivity contribution in [1.29, 1.82) is 5.41 Å². The van der Waals surface area contributed by atoms with Crippen LogP contribution in [0, 0.1) is 17.2 Å². The third-order valence-electron chi connectivity index (χ3n) is 4.83. The van der Waals surface area contributed by atoms with Crippen molar-refractivity contribution >= 4 is 36.9 Å². The van der Waals surface area contributed by atoms with E-state index in [-0.39, 0.29) is 11.8 Å². The molecule has 1 rings (SSSR count). The van der Waals surface area contributed by atoms with Gasteiger partial charge in [0.2, 0.25) is 0 Å². The van der Waals surface area contributed by atoms with Gasteiger partial charge < -0.3 is 10.3 Å². The van der Waals surface area contributed by atoms with E-state index in [1.807, 2.05) is 0 Å². The van der Waals surface area contributed by atoms with Gasteiger partial charge in [-0.05, 0) is 45.2 Å². The molecule has 0 spiro atoms. The van der Waals surface area contributed by atoms with E-state index >= 15 is 0 Å². The molecule has 0 aromatic heterocycles. The van der Waals surface area contributed by atoms with E-state index in [0.29, 0.717) is 11.0 Å². The van der Waals surface area contributed by atoms with Gasteiger partial charge >= 0.3 is 0 Å².